The van der Waals surface area contributed by atoms with E-state index in [1.54, 1.807) is 17.0 Å². The van der Waals surface area contributed by atoms with Gasteiger partial charge in [0.15, 0.2) is 0 Å². The maximum Gasteiger partial charge on any atom is 0.221 e. The van der Waals surface area contributed by atoms with Gasteiger partial charge in [0.1, 0.15) is 5.82 Å². The van der Waals surface area contributed by atoms with Crippen molar-refractivity contribution >= 4 is 11.8 Å². The highest BCUT2D eigenvalue weighted by atomic mass is 19.1. The van der Waals surface area contributed by atoms with Gasteiger partial charge in [-0.05, 0) is 37.0 Å². The van der Waals surface area contributed by atoms with Gasteiger partial charge >= 0.3 is 0 Å². The Morgan fingerprint density at radius 3 is 2.48 bits per heavy atom. The molecule has 0 spiro atoms. The number of nitrogens with one attached hydrogen (secondary N) is 1. The summed E-state index contributed by atoms with van der Waals surface area (Å²) in [5.74, 6) is -0.305. The van der Waals surface area contributed by atoms with Gasteiger partial charge in [-0.15, -0.1) is 0 Å². The number of rotatable bonds is 7. The molecular weight excluding hydrogens is 271 g/mol. The molecule has 1 fully saturated rings. The van der Waals surface area contributed by atoms with E-state index < -0.39 is 0 Å². The average molecular weight is 292 g/mol. The van der Waals surface area contributed by atoms with Gasteiger partial charge in [0.2, 0.25) is 11.8 Å². The quantitative estimate of drug-likeness (QED) is 0.834. The lowest BCUT2D eigenvalue weighted by atomic mass is 10.1. The number of halogens is 1. The Bertz CT molecular complexity index is 498. The lowest BCUT2D eigenvalue weighted by molar-refractivity contribution is -0.129. The zero-order valence-corrected chi connectivity index (χ0v) is 12.3. The van der Waals surface area contributed by atoms with Gasteiger partial charge in [0, 0.05) is 32.5 Å². The molecule has 0 aliphatic heterocycles. The molecule has 2 amide bonds. The van der Waals surface area contributed by atoms with Crippen molar-refractivity contribution in [1.82, 2.24) is 10.2 Å². The first-order valence-corrected chi connectivity index (χ1v) is 7.34. The van der Waals surface area contributed by atoms with E-state index in [0.29, 0.717) is 32.0 Å². The second-order valence-electron chi connectivity index (χ2n) is 5.47. The molecule has 1 aliphatic carbocycles. The standard InChI is InChI=1S/C16H21FN2O2/c1-12(20)19(11-9-16(21)18-15-6-7-15)10-8-13-2-4-14(17)5-3-13/h2-5,15H,6-11H2,1H3,(H,18,21). The molecule has 0 aromatic heterocycles. The summed E-state index contributed by atoms with van der Waals surface area (Å²) in [6.45, 7) is 2.47. The minimum atomic E-state index is -0.265. The van der Waals surface area contributed by atoms with Crippen molar-refractivity contribution in [2.45, 2.75) is 38.6 Å². The first kappa shape index (κ1) is 15.5. The molecule has 1 aliphatic rings. The van der Waals surface area contributed by atoms with Crippen molar-refractivity contribution in [1.29, 1.82) is 0 Å². The molecule has 0 saturated heterocycles. The van der Waals surface area contributed by atoms with Crippen LogP contribution in [-0.4, -0.2) is 35.8 Å². The van der Waals surface area contributed by atoms with Crippen LogP contribution in [0.3, 0.4) is 0 Å². The Hall–Kier alpha value is -1.91. The number of hydrogen-bond acceptors (Lipinski definition) is 2. The van der Waals surface area contributed by atoms with Crippen LogP contribution in [-0.2, 0) is 16.0 Å². The summed E-state index contributed by atoms with van der Waals surface area (Å²) in [7, 11) is 0. The van der Waals surface area contributed by atoms with E-state index in [-0.39, 0.29) is 17.6 Å². The van der Waals surface area contributed by atoms with E-state index >= 15 is 0 Å². The monoisotopic (exact) mass is 292 g/mol. The largest absolute Gasteiger partial charge is 0.353 e. The Balaban J connectivity index is 1.76. The van der Waals surface area contributed by atoms with Crippen LogP contribution in [0.15, 0.2) is 24.3 Å². The smallest absolute Gasteiger partial charge is 0.221 e. The number of carbonyl (C=O) groups is 2. The SMILES string of the molecule is CC(=O)N(CCC(=O)NC1CC1)CCc1ccc(F)cc1. The predicted octanol–water partition coefficient (Wildman–Crippen LogP) is 1.89. The maximum absolute atomic E-state index is 12.8. The molecule has 1 saturated carbocycles. The third-order valence-corrected chi connectivity index (χ3v) is 3.58. The molecule has 2 rings (SSSR count). The lowest BCUT2D eigenvalue weighted by Crippen LogP contribution is -2.35. The highest BCUT2D eigenvalue weighted by Gasteiger charge is 2.23. The molecule has 5 heteroatoms. The molecule has 0 radical (unpaired) electrons. The topological polar surface area (TPSA) is 49.4 Å². The molecule has 1 aromatic rings. The van der Waals surface area contributed by atoms with Gasteiger partial charge < -0.3 is 10.2 Å². The van der Waals surface area contributed by atoms with Gasteiger partial charge in [0.25, 0.3) is 0 Å². The molecule has 21 heavy (non-hydrogen) atoms. The molecule has 114 valence electrons. The van der Waals surface area contributed by atoms with Gasteiger partial charge in [-0.1, -0.05) is 12.1 Å². The van der Waals surface area contributed by atoms with Crippen LogP contribution >= 0.6 is 0 Å². The summed E-state index contributed by atoms with van der Waals surface area (Å²) in [6.07, 6.45) is 3.11. The van der Waals surface area contributed by atoms with Crippen molar-refractivity contribution in [3.63, 3.8) is 0 Å². The zero-order valence-electron chi connectivity index (χ0n) is 12.3. The average Bonchev–Trinajstić information content (AvgIpc) is 3.24. The van der Waals surface area contributed by atoms with Gasteiger partial charge in [-0.2, -0.15) is 0 Å². The summed E-state index contributed by atoms with van der Waals surface area (Å²) >= 11 is 0. The summed E-state index contributed by atoms with van der Waals surface area (Å²) in [5.41, 5.74) is 0.977. The predicted molar refractivity (Wildman–Crippen MR) is 78.1 cm³/mol. The van der Waals surface area contributed by atoms with Crippen molar-refractivity contribution in [3.8, 4) is 0 Å². The number of hydrogen-bond donors (Lipinski definition) is 1. The van der Waals surface area contributed by atoms with Crippen LogP contribution in [0.4, 0.5) is 4.39 Å². The lowest BCUT2D eigenvalue weighted by Gasteiger charge is -2.20. The summed E-state index contributed by atoms with van der Waals surface area (Å²) in [6, 6.07) is 6.61. The highest BCUT2D eigenvalue weighted by molar-refractivity contribution is 5.78. The van der Waals surface area contributed by atoms with E-state index in [1.807, 2.05) is 0 Å². The molecule has 1 aromatic carbocycles. The first-order chi connectivity index (χ1) is 10.0. The number of carbonyl (C=O) groups excluding carboxylic acids is 2. The second-order valence-corrected chi connectivity index (χ2v) is 5.47. The minimum absolute atomic E-state index is 0.00512. The number of amides is 2. The van der Waals surface area contributed by atoms with Gasteiger partial charge in [0.05, 0.1) is 0 Å². The van der Waals surface area contributed by atoms with Crippen molar-refractivity contribution in [2.75, 3.05) is 13.1 Å². The molecule has 0 bridgehead atoms. The van der Waals surface area contributed by atoms with Crippen LogP contribution in [0.25, 0.3) is 0 Å². The summed E-state index contributed by atoms with van der Waals surface area (Å²) in [5, 5.41) is 2.91. The Kier molecular flexibility index (Phi) is 5.31. The second kappa shape index (κ2) is 7.20. The van der Waals surface area contributed by atoms with Crippen LogP contribution in [0.5, 0.6) is 0 Å². The Morgan fingerprint density at radius 1 is 1.24 bits per heavy atom. The summed E-state index contributed by atoms with van der Waals surface area (Å²) < 4.78 is 12.8. The normalized spacial score (nSPS) is 13.8. The zero-order chi connectivity index (χ0) is 15.2. The van der Waals surface area contributed by atoms with E-state index in [1.165, 1.54) is 19.1 Å². The van der Waals surface area contributed by atoms with Gasteiger partial charge in [-0.25, -0.2) is 4.39 Å². The van der Waals surface area contributed by atoms with E-state index in [2.05, 4.69) is 5.32 Å². The van der Waals surface area contributed by atoms with E-state index in [0.717, 1.165) is 18.4 Å². The van der Waals surface area contributed by atoms with Crippen molar-refractivity contribution < 1.29 is 14.0 Å². The maximum atomic E-state index is 12.8. The third-order valence-electron chi connectivity index (χ3n) is 3.58. The fourth-order valence-electron chi connectivity index (χ4n) is 2.11. The highest BCUT2D eigenvalue weighted by Crippen LogP contribution is 2.18. The Morgan fingerprint density at radius 2 is 1.90 bits per heavy atom. The van der Waals surface area contributed by atoms with Crippen molar-refractivity contribution in [2.24, 2.45) is 0 Å². The molecule has 0 unspecified atom stereocenters. The molecule has 0 atom stereocenters. The molecule has 0 heterocycles. The number of nitrogens with zero attached hydrogens (tertiary/aromatic N) is 1. The minimum Gasteiger partial charge on any atom is -0.353 e. The van der Waals surface area contributed by atoms with Crippen LogP contribution in [0, 0.1) is 5.82 Å². The van der Waals surface area contributed by atoms with Crippen LogP contribution in [0.1, 0.15) is 31.7 Å². The third kappa shape index (κ3) is 5.53. The Labute approximate surface area is 124 Å². The fraction of sp³-hybridized carbons (Fsp3) is 0.500. The van der Waals surface area contributed by atoms with Crippen LogP contribution in [0.2, 0.25) is 0 Å². The van der Waals surface area contributed by atoms with E-state index in [4.69, 9.17) is 0 Å². The van der Waals surface area contributed by atoms with Gasteiger partial charge in [-0.3, -0.25) is 9.59 Å². The van der Waals surface area contributed by atoms with Crippen molar-refractivity contribution in [3.05, 3.63) is 35.6 Å². The fourth-order valence-corrected chi connectivity index (χ4v) is 2.11. The molecular formula is C16H21FN2O2. The summed E-state index contributed by atoms with van der Waals surface area (Å²) in [4.78, 5) is 24.9. The van der Waals surface area contributed by atoms with E-state index in [9.17, 15) is 14.0 Å². The molecule has 1 N–H and O–H groups in total. The molecule has 4 nitrogen and oxygen atoms in total. The van der Waals surface area contributed by atoms with Crippen LogP contribution < -0.4 is 5.32 Å². The number of benzene rings is 1. The first-order valence-electron chi connectivity index (χ1n) is 7.34.